The van der Waals surface area contributed by atoms with E-state index in [4.69, 9.17) is 5.11 Å². The second-order valence-corrected chi connectivity index (χ2v) is 4.52. The molecule has 2 N–H and O–H groups in total. The maximum atomic E-state index is 9.83. The average Bonchev–Trinajstić information content (AvgIpc) is 1.83. The van der Waals surface area contributed by atoms with Crippen molar-refractivity contribution in [2.75, 3.05) is 6.61 Å². The molecule has 1 fully saturated rings. The van der Waals surface area contributed by atoms with Crippen molar-refractivity contribution < 1.29 is 10.2 Å². The van der Waals surface area contributed by atoms with Crippen molar-refractivity contribution in [3.63, 3.8) is 0 Å². The topological polar surface area (TPSA) is 40.5 Å². The Morgan fingerprint density at radius 1 is 1.33 bits per heavy atom. The zero-order chi connectivity index (χ0) is 9.19. The van der Waals surface area contributed by atoms with Crippen molar-refractivity contribution in [1.82, 2.24) is 0 Å². The van der Waals surface area contributed by atoms with Gasteiger partial charge in [-0.15, -0.1) is 0 Å². The molecule has 0 aromatic rings. The molecule has 0 amide bonds. The first-order chi connectivity index (χ1) is 5.60. The van der Waals surface area contributed by atoms with Crippen LogP contribution in [-0.4, -0.2) is 22.9 Å². The molecular weight excluding hydrogens is 152 g/mol. The average molecular weight is 172 g/mol. The van der Waals surface area contributed by atoms with Crippen LogP contribution in [0.4, 0.5) is 0 Å². The highest BCUT2D eigenvalue weighted by atomic mass is 16.3. The van der Waals surface area contributed by atoms with Crippen LogP contribution < -0.4 is 0 Å². The Hall–Kier alpha value is -0.0800. The molecule has 0 aliphatic heterocycles. The van der Waals surface area contributed by atoms with Crippen LogP contribution in [0.1, 0.15) is 39.5 Å². The summed E-state index contributed by atoms with van der Waals surface area (Å²) in [6.07, 6.45) is 3.68. The third kappa shape index (κ3) is 1.80. The SMILES string of the molecule is CC(C)C[C@@H](O)C1(CO)CCC1. The lowest BCUT2D eigenvalue weighted by molar-refractivity contribution is -0.0789. The molecule has 0 bridgehead atoms. The highest BCUT2D eigenvalue weighted by Crippen LogP contribution is 2.45. The standard InChI is InChI=1S/C10H20O2/c1-8(2)6-9(12)10(7-11)4-3-5-10/h8-9,11-12H,3-7H2,1-2H3/t9-/m1/s1. The minimum atomic E-state index is -0.295. The van der Waals surface area contributed by atoms with Crippen molar-refractivity contribution in [3.8, 4) is 0 Å². The molecule has 2 nitrogen and oxygen atoms in total. The van der Waals surface area contributed by atoms with Crippen LogP contribution in [0.5, 0.6) is 0 Å². The second kappa shape index (κ2) is 3.75. The molecule has 1 aliphatic rings. The van der Waals surface area contributed by atoms with Gasteiger partial charge in [-0.2, -0.15) is 0 Å². The molecule has 0 unspecified atom stereocenters. The first-order valence-corrected chi connectivity index (χ1v) is 4.89. The molecule has 12 heavy (non-hydrogen) atoms. The lowest BCUT2D eigenvalue weighted by Gasteiger charge is -2.44. The first-order valence-electron chi connectivity index (χ1n) is 4.89. The van der Waals surface area contributed by atoms with Crippen molar-refractivity contribution >= 4 is 0 Å². The molecule has 1 aliphatic carbocycles. The van der Waals surface area contributed by atoms with Gasteiger partial charge >= 0.3 is 0 Å². The van der Waals surface area contributed by atoms with E-state index >= 15 is 0 Å². The summed E-state index contributed by atoms with van der Waals surface area (Å²) in [5.74, 6) is 0.518. The first kappa shape index (κ1) is 10.0. The second-order valence-electron chi connectivity index (χ2n) is 4.52. The maximum absolute atomic E-state index is 9.83. The van der Waals surface area contributed by atoms with Gasteiger partial charge in [0.05, 0.1) is 12.7 Å². The van der Waals surface area contributed by atoms with Gasteiger partial charge in [0.2, 0.25) is 0 Å². The summed E-state index contributed by atoms with van der Waals surface area (Å²) in [6.45, 7) is 4.36. The van der Waals surface area contributed by atoms with Gasteiger partial charge in [0.15, 0.2) is 0 Å². The predicted molar refractivity (Wildman–Crippen MR) is 48.8 cm³/mol. The monoisotopic (exact) mass is 172 g/mol. The molecule has 0 heterocycles. The van der Waals surface area contributed by atoms with Crippen molar-refractivity contribution in [3.05, 3.63) is 0 Å². The molecule has 2 heteroatoms. The van der Waals surface area contributed by atoms with Gasteiger partial charge in [0, 0.05) is 5.41 Å². The highest BCUT2D eigenvalue weighted by Gasteiger charge is 2.42. The van der Waals surface area contributed by atoms with Gasteiger partial charge in [-0.05, 0) is 25.2 Å². The van der Waals surface area contributed by atoms with Crippen LogP contribution in [0.25, 0.3) is 0 Å². The zero-order valence-electron chi connectivity index (χ0n) is 8.08. The Bertz CT molecular complexity index is 133. The van der Waals surface area contributed by atoms with E-state index in [2.05, 4.69) is 13.8 Å². The van der Waals surface area contributed by atoms with E-state index in [0.29, 0.717) is 5.92 Å². The fraction of sp³-hybridized carbons (Fsp3) is 1.00. The highest BCUT2D eigenvalue weighted by molar-refractivity contribution is 4.93. The Kier molecular flexibility index (Phi) is 3.13. The summed E-state index contributed by atoms with van der Waals surface area (Å²) in [7, 11) is 0. The Morgan fingerprint density at radius 3 is 2.17 bits per heavy atom. The summed E-state index contributed by atoms with van der Waals surface area (Å²) in [6, 6.07) is 0. The van der Waals surface area contributed by atoms with E-state index in [9.17, 15) is 5.11 Å². The number of aliphatic hydroxyl groups excluding tert-OH is 2. The number of rotatable bonds is 4. The summed E-state index contributed by atoms with van der Waals surface area (Å²) in [4.78, 5) is 0. The molecule has 0 aromatic heterocycles. The minimum absolute atomic E-state index is 0.135. The number of hydrogen-bond donors (Lipinski definition) is 2. The fourth-order valence-corrected chi connectivity index (χ4v) is 1.92. The van der Waals surface area contributed by atoms with Crippen molar-refractivity contribution in [2.45, 2.75) is 45.6 Å². The summed E-state index contributed by atoms with van der Waals surface area (Å²) in [5, 5.41) is 19.0. The predicted octanol–water partition coefficient (Wildman–Crippen LogP) is 1.56. The van der Waals surface area contributed by atoms with E-state index in [0.717, 1.165) is 25.7 Å². The third-order valence-corrected chi connectivity index (χ3v) is 3.07. The zero-order valence-corrected chi connectivity index (χ0v) is 8.08. The van der Waals surface area contributed by atoms with E-state index < -0.39 is 0 Å². The van der Waals surface area contributed by atoms with E-state index in [1.54, 1.807) is 0 Å². The maximum Gasteiger partial charge on any atom is 0.0620 e. The molecule has 1 saturated carbocycles. The summed E-state index contributed by atoms with van der Waals surface area (Å²) >= 11 is 0. The molecule has 1 rings (SSSR count). The van der Waals surface area contributed by atoms with E-state index in [-0.39, 0.29) is 18.1 Å². The van der Waals surface area contributed by atoms with E-state index in [1.807, 2.05) is 0 Å². The van der Waals surface area contributed by atoms with Crippen LogP contribution >= 0.6 is 0 Å². The number of aliphatic hydroxyl groups is 2. The summed E-state index contributed by atoms with van der Waals surface area (Å²) < 4.78 is 0. The largest absolute Gasteiger partial charge is 0.396 e. The molecule has 0 spiro atoms. The van der Waals surface area contributed by atoms with Gasteiger partial charge < -0.3 is 10.2 Å². The molecular formula is C10H20O2. The molecule has 0 radical (unpaired) electrons. The smallest absolute Gasteiger partial charge is 0.0620 e. The van der Waals surface area contributed by atoms with Crippen LogP contribution in [-0.2, 0) is 0 Å². The molecule has 1 atom stereocenters. The molecule has 72 valence electrons. The van der Waals surface area contributed by atoms with Gasteiger partial charge in [0.1, 0.15) is 0 Å². The van der Waals surface area contributed by atoms with Crippen LogP contribution in [0.3, 0.4) is 0 Å². The Morgan fingerprint density at radius 2 is 1.92 bits per heavy atom. The lowest BCUT2D eigenvalue weighted by atomic mass is 9.64. The van der Waals surface area contributed by atoms with Crippen LogP contribution in [0.2, 0.25) is 0 Å². The Labute approximate surface area is 74.6 Å². The lowest BCUT2D eigenvalue weighted by Crippen LogP contribution is -2.44. The van der Waals surface area contributed by atoms with Gasteiger partial charge in [-0.3, -0.25) is 0 Å². The number of hydrogen-bond acceptors (Lipinski definition) is 2. The fourth-order valence-electron chi connectivity index (χ4n) is 1.92. The van der Waals surface area contributed by atoms with Crippen LogP contribution in [0.15, 0.2) is 0 Å². The molecule has 0 aromatic carbocycles. The quantitative estimate of drug-likeness (QED) is 0.675. The minimum Gasteiger partial charge on any atom is -0.396 e. The van der Waals surface area contributed by atoms with Gasteiger partial charge in [-0.25, -0.2) is 0 Å². The van der Waals surface area contributed by atoms with Gasteiger partial charge in [0.25, 0.3) is 0 Å². The van der Waals surface area contributed by atoms with Crippen LogP contribution in [0, 0.1) is 11.3 Å². The third-order valence-electron chi connectivity index (χ3n) is 3.07. The normalized spacial score (nSPS) is 23.8. The van der Waals surface area contributed by atoms with Crippen molar-refractivity contribution in [1.29, 1.82) is 0 Å². The summed E-state index contributed by atoms with van der Waals surface area (Å²) in [5.41, 5.74) is -0.135. The van der Waals surface area contributed by atoms with Crippen molar-refractivity contribution in [2.24, 2.45) is 11.3 Å². The van der Waals surface area contributed by atoms with E-state index in [1.165, 1.54) is 0 Å². The Balaban J connectivity index is 2.43. The molecule has 0 saturated heterocycles. The van der Waals surface area contributed by atoms with Gasteiger partial charge in [-0.1, -0.05) is 20.3 Å².